The molecule has 1 amide bonds. The van der Waals surface area contributed by atoms with Gasteiger partial charge in [0.2, 0.25) is 5.91 Å². The number of imidazole rings is 1. The lowest BCUT2D eigenvalue weighted by molar-refractivity contribution is -0.131. The number of hydrogen-bond donors (Lipinski definition) is 0. The predicted octanol–water partition coefficient (Wildman–Crippen LogP) is 4.48. The largest absolute Gasteiger partial charge is 0.340 e. The molecule has 0 N–H and O–H groups in total. The zero-order chi connectivity index (χ0) is 20.1. The van der Waals surface area contributed by atoms with E-state index in [1.165, 1.54) is 5.56 Å². The van der Waals surface area contributed by atoms with Gasteiger partial charge in [0.15, 0.2) is 0 Å². The van der Waals surface area contributed by atoms with E-state index < -0.39 is 0 Å². The van der Waals surface area contributed by atoms with E-state index >= 15 is 0 Å². The molecule has 0 aliphatic heterocycles. The van der Waals surface area contributed by atoms with Crippen molar-refractivity contribution in [3.8, 4) is 0 Å². The minimum absolute atomic E-state index is 0.0815. The van der Waals surface area contributed by atoms with E-state index in [4.69, 9.17) is 4.98 Å². The molecule has 0 unspecified atom stereocenters. The number of fused-ring (bicyclic) bond motifs is 1. The first-order valence-corrected chi connectivity index (χ1v) is 9.96. The van der Waals surface area contributed by atoms with Crippen molar-refractivity contribution in [2.45, 2.75) is 25.9 Å². The first kappa shape index (κ1) is 18.9. The SMILES string of the molecule is CN(Cc1ccccc1)C(=O)Cn1c(CCc2ccccc2)nc2ccccc21. The minimum Gasteiger partial charge on any atom is -0.340 e. The maximum Gasteiger partial charge on any atom is 0.242 e. The van der Waals surface area contributed by atoms with E-state index in [1.54, 1.807) is 4.90 Å². The van der Waals surface area contributed by atoms with E-state index in [1.807, 2.05) is 67.7 Å². The van der Waals surface area contributed by atoms with Crippen molar-refractivity contribution in [1.82, 2.24) is 14.5 Å². The van der Waals surface area contributed by atoms with Gasteiger partial charge in [-0.1, -0.05) is 72.8 Å². The number of para-hydroxylation sites is 2. The third kappa shape index (κ3) is 4.54. The van der Waals surface area contributed by atoms with Gasteiger partial charge in [-0.25, -0.2) is 4.98 Å². The van der Waals surface area contributed by atoms with Crippen molar-refractivity contribution in [3.63, 3.8) is 0 Å². The van der Waals surface area contributed by atoms with Crippen LogP contribution in [0.4, 0.5) is 0 Å². The maximum atomic E-state index is 13.0. The molecule has 29 heavy (non-hydrogen) atoms. The summed E-state index contributed by atoms with van der Waals surface area (Å²) in [5.74, 6) is 1.04. The van der Waals surface area contributed by atoms with Crippen LogP contribution in [0.2, 0.25) is 0 Å². The number of rotatable bonds is 7. The Morgan fingerprint density at radius 2 is 1.45 bits per heavy atom. The summed E-state index contributed by atoms with van der Waals surface area (Å²) in [7, 11) is 1.86. The Morgan fingerprint density at radius 1 is 0.828 bits per heavy atom. The van der Waals surface area contributed by atoms with Crippen LogP contribution in [0.1, 0.15) is 17.0 Å². The van der Waals surface area contributed by atoms with Gasteiger partial charge >= 0.3 is 0 Å². The van der Waals surface area contributed by atoms with E-state index in [0.717, 1.165) is 35.3 Å². The summed E-state index contributed by atoms with van der Waals surface area (Å²) in [6.45, 7) is 0.902. The number of aromatic nitrogens is 2. The predicted molar refractivity (Wildman–Crippen MR) is 116 cm³/mol. The maximum absolute atomic E-state index is 13.0. The molecular formula is C25H25N3O. The van der Waals surface area contributed by atoms with Gasteiger partial charge in [0.1, 0.15) is 12.4 Å². The number of aryl methyl sites for hydroxylation is 2. The molecule has 0 saturated carbocycles. The number of amides is 1. The molecule has 146 valence electrons. The Bertz CT molecular complexity index is 1090. The summed E-state index contributed by atoms with van der Waals surface area (Å²) < 4.78 is 2.07. The molecule has 0 atom stereocenters. The lowest BCUT2D eigenvalue weighted by Gasteiger charge is -2.19. The van der Waals surface area contributed by atoms with E-state index in [-0.39, 0.29) is 5.91 Å². The smallest absolute Gasteiger partial charge is 0.242 e. The number of nitrogens with zero attached hydrogens (tertiary/aromatic N) is 3. The summed E-state index contributed by atoms with van der Waals surface area (Å²) in [6.07, 6.45) is 1.70. The van der Waals surface area contributed by atoms with Gasteiger partial charge in [0.05, 0.1) is 11.0 Å². The highest BCUT2D eigenvalue weighted by Crippen LogP contribution is 2.18. The number of likely N-dealkylation sites (N-methyl/N-ethyl adjacent to an activating group) is 1. The standard InChI is InChI=1S/C25H25N3O/c1-27(18-21-12-6-3-7-13-21)25(29)19-28-23-15-9-8-14-22(23)26-24(28)17-16-20-10-4-2-5-11-20/h2-15H,16-19H2,1H3. The first-order valence-electron chi connectivity index (χ1n) is 9.96. The lowest BCUT2D eigenvalue weighted by Crippen LogP contribution is -2.30. The Morgan fingerprint density at radius 3 is 2.17 bits per heavy atom. The van der Waals surface area contributed by atoms with Crippen LogP contribution in [-0.4, -0.2) is 27.4 Å². The fraction of sp³-hybridized carbons (Fsp3) is 0.200. The Hall–Kier alpha value is -3.40. The number of carbonyl (C=O) groups is 1. The van der Waals surface area contributed by atoms with Crippen molar-refractivity contribution in [1.29, 1.82) is 0 Å². The van der Waals surface area contributed by atoms with Crippen molar-refractivity contribution in [3.05, 3.63) is 102 Å². The van der Waals surface area contributed by atoms with Gasteiger partial charge < -0.3 is 9.47 Å². The normalized spacial score (nSPS) is 10.9. The van der Waals surface area contributed by atoms with Crippen LogP contribution in [0, 0.1) is 0 Å². The van der Waals surface area contributed by atoms with Gasteiger partial charge in [-0.05, 0) is 29.7 Å². The quantitative estimate of drug-likeness (QED) is 0.472. The second-order valence-corrected chi connectivity index (χ2v) is 7.32. The Labute approximate surface area is 171 Å². The van der Waals surface area contributed by atoms with E-state index in [0.29, 0.717) is 13.1 Å². The van der Waals surface area contributed by atoms with Gasteiger partial charge in [0, 0.05) is 20.0 Å². The zero-order valence-electron chi connectivity index (χ0n) is 16.7. The van der Waals surface area contributed by atoms with Gasteiger partial charge in [-0.15, -0.1) is 0 Å². The average molecular weight is 383 g/mol. The molecule has 4 heteroatoms. The van der Waals surface area contributed by atoms with Gasteiger partial charge in [-0.2, -0.15) is 0 Å². The average Bonchev–Trinajstić information content (AvgIpc) is 3.11. The molecule has 0 radical (unpaired) electrons. The zero-order valence-corrected chi connectivity index (χ0v) is 16.7. The summed E-state index contributed by atoms with van der Waals surface area (Å²) in [4.78, 5) is 19.6. The summed E-state index contributed by atoms with van der Waals surface area (Å²) in [5, 5.41) is 0. The molecule has 1 heterocycles. The van der Waals surface area contributed by atoms with Crippen LogP contribution in [0.15, 0.2) is 84.9 Å². The molecule has 0 bridgehead atoms. The highest BCUT2D eigenvalue weighted by molar-refractivity contribution is 5.81. The molecule has 4 aromatic rings. The molecular weight excluding hydrogens is 358 g/mol. The fourth-order valence-electron chi connectivity index (χ4n) is 3.59. The van der Waals surface area contributed by atoms with Crippen LogP contribution in [0.3, 0.4) is 0 Å². The van der Waals surface area contributed by atoms with Crippen LogP contribution in [0.5, 0.6) is 0 Å². The van der Waals surface area contributed by atoms with E-state index in [2.05, 4.69) is 28.8 Å². The first-order chi connectivity index (χ1) is 14.2. The molecule has 0 saturated heterocycles. The molecule has 3 aromatic carbocycles. The third-order valence-corrected chi connectivity index (χ3v) is 5.20. The monoisotopic (exact) mass is 383 g/mol. The molecule has 0 spiro atoms. The molecule has 0 aliphatic carbocycles. The Kier molecular flexibility index (Phi) is 5.71. The topological polar surface area (TPSA) is 38.1 Å². The van der Waals surface area contributed by atoms with Gasteiger partial charge in [0.25, 0.3) is 0 Å². The van der Waals surface area contributed by atoms with Crippen molar-refractivity contribution in [2.75, 3.05) is 7.05 Å². The van der Waals surface area contributed by atoms with Crippen LogP contribution >= 0.6 is 0 Å². The van der Waals surface area contributed by atoms with Crippen LogP contribution in [0.25, 0.3) is 11.0 Å². The molecule has 4 nitrogen and oxygen atoms in total. The second-order valence-electron chi connectivity index (χ2n) is 7.32. The summed E-state index contributed by atoms with van der Waals surface area (Å²) >= 11 is 0. The summed E-state index contributed by atoms with van der Waals surface area (Å²) in [5.41, 5.74) is 4.35. The lowest BCUT2D eigenvalue weighted by atomic mass is 10.1. The Balaban J connectivity index is 1.54. The number of carbonyl (C=O) groups excluding carboxylic acids is 1. The highest BCUT2D eigenvalue weighted by Gasteiger charge is 2.16. The molecule has 1 aromatic heterocycles. The number of benzene rings is 3. The minimum atomic E-state index is 0.0815. The van der Waals surface area contributed by atoms with E-state index in [9.17, 15) is 4.79 Å². The van der Waals surface area contributed by atoms with Crippen LogP contribution < -0.4 is 0 Å². The van der Waals surface area contributed by atoms with Gasteiger partial charge in [-0.3, -0.25) is 4.79 Å². The molecule has 4 rings (SSSR count). The van der Waals surface area contributed by atoms with Crippen molar-refractivity contribution < 1.29 is 4.79 Å². The molecule has 0 fully saturated rings. The molecule has 0 aliphatic rings. The number of hydrogen-bond acceptors (Lipinski definition) is 2. The fourth-order valence-corrected chi connectivity index (χ4v) is 3.59. The highest BCUT2D eigenvalue weighted by atomic mass is 16.2. The summed E-state index contributed by atoms with van der Waals surface area (Å²) in [6, 6.07) is 28.5. The third-order valence-electron chi connectivity index (χ3n) is 5.20. The van der Waals surface area contributed by atoms with Crippen molar-refractivity contribution in [2.24, 2.45) is 0 Å². The van der Waals surface area contributed by atoms with Crippen molar-refractivity contribution >= 4 is 16.9 Å². The van der Waals surface area contributed by atoms with Crippen LogP contribution in [-0.2, 0) is 30.7 Å². The second kappa shape index (κ2) is 8.74.